The van der Waals surface area contributed by atoms with E-state index in [2.05, 4.69) is 0 Å². The van der Waals surface area contributed by atoms with Crippen molar-refractivity contribution in [2.24, 2.45) is 0 Å². The first-order valence-corrected chi connectivity index (χ1v) is 9.96. The van der Waals surface area contributed by atoms with Crippen LogP contribution in [0.15, 0.2) is 70.0 Å². The van der Waals surface area contributed by atoms with Crippen molar-refractivity contribution in [3.8, 4) is 17.1 Å². The van der Waals surface area contributed by atoms with Crippen molar-refractivity contribution in [1.29, 1.82) is 0 Å². The Bertz CT molecular complexity index is 1190. The summed E-state index contributed by atoms with van der Waals surface area (Å²) in [6.45, 7) is 0. The van der Waals surface area contributed by atoms with Gasteiger partial charge < -0.3 is 9.15 Å². The molecule has 9 heteroatoms. The van der Waals surface area contributed by atoms with Gasteiger partial charge in [-0.2, -0.15) is 0 Å². The number of nitrogens with zero attached hydrogens (tertiary/aromatic N) is 2. The third kappa shape index (κ3) is 3.72. The lowest BCUT2D eigenvalue weighted by atomic mass is 10.1. The van der Waals surface area contributed by atoms with Gasteiger partial charge in [-0.3, -0.25) is 19.8 Å². The molecule has 0 saturated carbocycles. The van der Waals surface area contributed by atoms with E-state index in [1.165, 1.54) is 29.8 Å². The maximum atomic E-state index is 12.8. The van der Waals surface area contributed by atoms with E-state index in [4.69, 9.17) is 21.4 Å². The van der Waals surface area contributed by atoms with Crippen molar-refractivity contribution in [1.82, 2.24) is 0 Å². The molecule has 4 rings (SSSR count). The maximum Gasteiger partial charge on any atom is 0.284 e. The second-order valence-corrected chi connectivity index (χ2v) is 7.87. The highest BCUT2D eigenvalue weighted by Crippen LogP contribution is 2.38. The zero-order chi connectivity index (χ0) is 21.3. The number of carbonyl (C=O) groups excluding carboxylic acids is 1. The Kier molecular flexibility index (Phi) is 5.39. The lowest BCUT2D eigenvalue weighted by molar-refractivity contribution is -0.384. The predicted molar refractivity (Wildman–Crippen MR) is 119 cm³/mol. The predicted octanol–water partition coefficient (Wildman–Crippen LogP) is 5.27. The summed E-state index contributed by atoms with van der Waals surface area (Å²) in [5.41, 5.74) is 0.875. The SMILES string of the molecule is COc1ccc(-c2ccc(/C=C3/SC(=S)N(c4ccccc4)C3=O)o2)c([N+](=O)[O-])c1. The summed E-state index contributed by atoms with van der Waals surface area (Å²) in [6.07, 6.45) is 1.58. The highest BCUT2D eigenvalue weighted by molar-refractivity contribution is 8.27. The van der Waals surface area contributed by atoms with E-state index in [0.29, 0.717) is 37.7 Å². The van der Waals surface area contributed by atoms with Crippen LogP contribution in [0.3, 0.4) is 0 Å². The molecule has 1 fully saturated rings. The number of anilines is 1. The first kappa shape index (κ1) is 19.9. The number of methoxy groups -OCH3 is 1. The Labute approximate surface area is 181 Å². The number of rotatable bonds is 5. The summed E-state index contributed by atoms with van der Waals surface area (Å²) >= 11 is 6.53. The van der Waals surface area contributed by atoms with Gasteiger partial charge in [0.15, 0.2) is 4.32 Å². The summed E-state index contributed by atoms with van der Waals surface area (Å²) in [5.74, 6) is 0.837. The summed E-state index contributed by atoms with van der Waals surface area (Å²) < 4.78 is 11.3. The fourth-order valence-electron chi connectivity index (χ4n) is 2.97. The van der Waals surface area contributed by atoms with E-state index in [9.17, 15) is 14.9 Å². The first-order chi connectivity index (χ1) is 14.5. The Hall–Kier alpha value is -3.43. The molecule has 0 unspecified atom stereocenters. The van der Waals surface area contributed by atoms with Gasteiger partial charge in [-0.1, -0.05) is 42.2 Å². The van der Waals surface area contributed by atoms with Crippen LogP contribution in [0.2, 0.25) is 0 Å². The number of hydrogen-bond acceptors (Lipinski definition) is 7. The number of benzene rings is 2. The van der Waals surface area contributed by atoms with E-state index >= 15 is 0 Å². The summed E-state index contributed by atoms with van der Waals surface area (Å²) in [4.78, 5) is 25.6. The van der Waals surface area contributed by atoms with Crippen LogP contribution >= 0.6 is 24.0 Å². The number of thiocarbonyl (C=S) groups is 1. The van der Waals surface area contributed by atoms with Gasteiger partial charge in [-0.25, -0.2) is 0 Å². The third-order valence-electron chi connectivity index (χ3n) is 4.38. The summed E-state index contributed by atoms with van der Waals surface area (Å²) in [7, 11) is 1.44. The second kappa shape index (κ2) is 8.13. The molecular weight excluding hydrogens is 424 g/mol. The zero-order valence-electron chi connectivity index (χ0n) is 15.6. The number of amides is 1. The number of hydrogen-bond donors (Lipinski definition) is 0. The van der Waals surface area contributed by atoms with Crippen LogP contribution in [-0.4, -0.2) is 22.3 Å². The zero-order valence-corrected chi connectivity index (χ0v) is 17.2. The van der Waals surface area contributed by atoms with Crippen molar-refractivity contribution in [3.63, 3.8) is 0 Å². The summed E-state index contributed by atoms with van der Waals surface area (Å²) in [5, 5.41) is 11.4. The van der Waals surface area contributed by atoms with Crippen LogP contribution in [0, 0.1) is 10.1 Å². The average Bonchev–Trinajstić information content (AvgIpc) is 3.32. The molecule has 0 bridgehead atoms. The summed E-state index contributed by atoms with van der Waals surface area (Å²) in [6, 6.07) is 16.9. The van der Waals surface area contributed by atoms with Crippen LogP contribution < -0.4 is 9.64 Å². The largest absolute Gasteiger partial charge is 0.497 e. The van der Waals surface area contributed by atoms with Crippen molar-refractivity contribution in [2.45, 2.75) is 0 Å². The van der Waals surface area contributed by atoms with Gasteiger partial charge in [0, 0.05) is 6.08 Å². The van der Waals surface area contributed by atoms with Gasteiger partial charge in [-0.15, -0.1) is 0 Å². The Balaban J connectivity index is 1.64. The standard InChI is InChI=1S/C21H14N2O5S2/c1-27-14-7-9-16(17(11-14)23(25)26)18-10-8-15(28-18)12-19-20(24)22(21(29)30-19)13-5-3-2-4-6-13/h2-12H,1H3/b19-12+. The van der Waals surface area contributed by atoms with Crippen molar-refractivity contribution in [2.75, 3.05) is 12.0 Å². The Morgan fingerprint density at radius 2 is 1.93 bits per heavy atom. The lowest BCUT2D eigenvalue weighted by Gasteiger charge is -2.13. The molecule has 0 radical (unpaired) electrons. The van der Waals surface area contributed by atoms with Gasteiger partial charge in [0.05, 0.1) is 34.3 Å². The van der Waals surface area contributed by atoms with Gasteiger partial charge in [0.25, 0.3) is 11.6 Å². The normalized spacial score (nSPS) is 15.1. The number of nitro benzene ring substituents is 1. The molecule has 1 aromatic heterocycles. The smallest absolute Gasteiger partial charge is 0.284 e. The van der Waals surface area contributed by atoms with Crippen molar-refractivity contribution < 1.29 is 18.9 Å². The minimum absolute atomic E-state index is 0.134. The molecule has 2 aromatic carbocycles. The third-order valence-corrected chi connectivity index (χ3v) is 5.68. The number of nitro groups is 1. The minimum atomic E-state index is -0.495. The molecule has 3 aromatic rings. The first-order valence-electron chi connectivity index (χ1n) is 8.73. The molecule has 1 amide bonds. The van der Waals surface area contributed by atoms with E-state index in [0.717, 1.165) is 0 Å². The average molecular weight is 438 g/mol. The molecule has 0 spiro atoms. The number of ether oxygens (including phenoxy) is 1. The molecule has 7 nitrogen and oxygen atoms in total. The Morgan fingerprint density at radius 3 is 2.63 bits per heavy atom. The van der Waals surface area contributed by atoms with E-state index < -0.39 is 4.92 Å². The van der Waals surface area contributed by atoms with Crippen LogP contribution in [0.4, 0.5) is 11.4 Å². The second-order valence-electron chi connectivity index (χ2n) is 6.19. The van der Waals surface area contributed by atoms with Gasteiger partial charge in [-0.05, 0) is 36.4 Å². The molecule has 0 atom stereocenters. The maximum absolute atomic E-state index is 12.8. The molecule has 150 valence electrons. The van der Waals surface area contributed by atoms with Crippen molar-refractivity contribution in [3.05, 3.63) is 81.4 Å². The Morgan fingerprint density at radius 1 is 1.17 bits per heavy atom. The quantitative estimate of drug-likeness (QED) is 0.232. The highest BCUT2D eigenvalue weighted by atomic mass is 32.2. The number of carbonyl (C=O) groups is 1. The highest BCUT2D eigenvalue weighted by Gasteiger charge is 2.33. The molecule has 1 saturated heterocycles. The molecular formula is C21H14N2O5S2. The van der Waals surface area contributed by atoms with Gasteiger partial charge in [0.1, 0.15) is 17.3 Å². The number of furan rings is 1. The monoisotopic (exact) mass is 438 g/mol. The molecule has 1 aliphatic heterocycles. The fraction of sp³-hybridized carbons (Fsp3) is 0.0476. The van der Waals surface area contributed by atoms with Crippen LogP contribution in [0.5, 0.6) is 5.75 Å². The van der Waals surface area contributed by atoms with Crippen molar-refractivity contribution >= 4 is 51.7 Å². The van der Waals surface area contributed by atoms with E-state index in [1.54, 1.807) is 30.3 Å². The molecule has 2 heterocycles. The number of thioether (sulfide) groups is 1. The topological polar surface area (TPSA) is 85.8 Å². The van der Waals surface area contributed by atoms with Crippen LogP contribution in [0.25, 0.3) is 17.4 Å². The van der Waals surface area contributed by atoms with Gasteiger partial charge in [0.2, 0.25) is 0 Å². The van der Waals surface area contributed by atoms with E-state index in [1.807, 2.05) is 30.3 Å². The molecule has 1 aliphatic rings. The molecule has 0 aliphatic carbocycles. The fourth-order valence-corrected chi connectivity index (χ4v) is 4.25. The number of para-hydroxylation sites is 1. The lowest BCUT2D eigenvalue weighted by Crippen LogP contribution is -2.27. The van der Waals surface area contributed by atoms with Crippen LogP contribution in [-0.2, 0) is 4.79 Å². The molecule has 30 heavy (non-hydrogen) atoms. The van der Waals surface area contributed by atoms with Crippen LogP contribution in [0.1, 0.15) is 5.76 Å². The molecule has 0 N–H and O–H groups in total. The minimum Gasteiger partial charge on any atom is -0.497 e. The van der Waals surface area contributed by atoms with Gasteiger partial charge >= 0.3 is 0 Å². The van der Waals surface area contributed by atoms with E-state index in [-0.39, 0.29) is 11.6 Å².